The highest BCUT2D eigenvalue weighted by Crippen LogP contribution is 2.28. The lowest BCUT2D eigenvalue weighted by molar-refractivity contribution is 0.262. The molecule has 2 aromatic rings. The summed E-state index contributed by atoms with van der Waals surface area (Å²) < 4.78 is 18.9. The van der Waals surface area contributed by atoms with Gasteiger partial charge in [-0.1, -0.05) is 6.07 Å². The van der Waals surface area contributed by atoms with Crippen molar-refractivity contribution in [3.63, 3.8) is 0 Å². The summed E-state index contributed by atoms with van der Waals surface area (Å²) in [6.07, 6.45) is 2.56. The van der Waals surface area contributed by atoms with Crippen molar-refractivity contribution in [3.05, 3.63) is 52.4 Å². The van der Waals surface area contributed by atoms with Crippen LogP contribution in [0, 0.1) is 11.2 Å². The van der Waals surface area contributed by atoms with Crippen LogP contribution in [0.15, 0.2) is 41.0 Å². The van der Waals surface area contributed by atoms with E-state index in [-0.39, 0.29) is 0 Å². The van der Waals surface area contributed by atoms with Gasteiger partial charge in [-0.3, -0.25) is 0 Å². The molecule has 0 unspecified atom stereocenters. The van der Waals surface area contributed by atoms with Crippen LogP contribution in [0.3, 0.4) is 0 Å². The van der Waals surface area contributed by atoms with E-state index in [0.29, 0.717) is 33.0 Å². The van der Waals surface area contributed by atoms with Gasteiger partial charge in [0.05, 0.1) is 34.7 Å². The molecule has 0 saturated heterocycles. The lowest BCUT2D eigenvalue weighted by atomic mass is 10.1. The molecule has 7 nitrogen and oxygen atoms in total. The molecule has 0 aliphatic carbocycles. The Morgan fingerprint density at radius 2 is 2.04 bits per heavy atom. The first-order valence-electron chi connectivity index (χ1n) is 7.44. The van der Waals surface area contributed by atoms with Crippen molar-refractivity contribution in [1.29, 1.82) is 5.41 Å². The molecule has 0 spiro atoms. The predicted molar refractivity (Wildman–Crippen MR) is 104 cm³/mol. The van der Waals surface area contributed by atoms with Crippen molar-refractivity contribution in [2.45, 2.75) is 0 Å². The number of hydrogen-bond acceptors (Lipinski definition) is 5. The van der Waals surface area contributed by atoms with Gasteiger partial charge in [-0.05, 0) is 40.2 Å². The Labute approximate surface area is 158 Å². The summed E-state index contributed by atoms with van der Waals surface area (Å²) in [7, 11) is 3.16. The fourth-order valence-corrected chi connectivity index (χ4v) is 2.59. The van der Waals surface area contributed by atoms with E-state index in [0.717, 1.165) is 6.21 Å². The SMILES string of the molecule is CN/C(=C(/Br)C=N)c1cc(NC(=O)Nc2cccc(F)c2)cnc1OC. The van der Waals surface area contributed by atoms with Crippen LogP contribution < -0.4 is 20.7 Å². The molecular weight excluding hydrogens is 405 g/mol. The molecule has 4 N–H and O–H groups in total. The minimum absolute atomic E-state index is 0.323. The lowest BCUT2D eigenvalue weighted by Gasteiger charge is -2.14. The van der Waals surface area contributed by atoms with Gasteiger partial charge < -0.3 is 26.1 Å². The zero-order valence-electron chi connectivity index (χ0n) is 14.1. The third kappa shape index (κ3) is 4.79. The second-order valence-electron chi connectivity index (χ2n) is 4.99. The Bertz CT molecular complexity index is 857. The molecular formula is C17H17BrFN5O2. The topological polar surface area (TPSA) is 99.1 Å². The number of amides is 2. The molecule has 1 heterocycles. The third-order valence-electron chi connectivity index (χ3n) is 3.27. The summed E-state index contributed by atoms with van der Waals surface area (Å²) in [5, 5.41) is 15.5. The van der Waals surface area contributed by atoms with Gasteiger partial charge >= 0.3 is 6.03 Å². The molecule has 0 bridgehead atoms. The lowest BCUT2D eigenvalue weighted by Crippen LogP contribution is -2.20. The molecule has 9 heteroatoms. The summed E-state index contributed by atoms with van der Waals surface area (Å²) >= 11 is 3.29. The van der Waals surface area contributed by atoms with Crippen LogP contribution in [-0.2, 0) is 0 Å². The van der Waals surface area contributed by atoms with E-state index >= 15 is 0 Å². The summed E-state index contributed by atoms with van der Waals surface area (Å²) in [5.74, 6) is -0.124. The van der Waals surface area contributed by atoms with E-state index in [1.807, 2.05) is 0 Å². The number of benzene rings is 1. The first-order chi connectivity index (χ1) is 12.5. The Morgan fingerprint density at radius 3 is 2.65 bits per heavy atom. The van der Waals surface area contributed by atoms with Crippen molar-refractivity contribution in [2.24, 2.45) is 0 Å². The molecule has 1 aromatic carbocycles. The molecule has 136 valence electrons. The van der Waals surface area contributed by atoms with Crippen LogP contribution in [0.4, 0.5) is 20.6 Å². The van der Waals surface area contributed by atoms with E-state index < -0.39 is 11.8 Å². The number of allylic oxidation sites excluding steroid dienone is 1. The maximum atomic E-state index is 13.2. The first kappa shape index (κ1) is 19.4. The molecule has 0 aliphatic heterocycles. The van der Waals surface area contributed by atoms with E-state index in [9.17, 15) is 9.18 Å². The number of nitrogens with zero attached hydrogens (tertiary/aromatic N) is 1. The van der Waals surface area contributed by atoms with Gasteiger partial charge in [-0.15, -0.1) is 0 Å². The number of urea groups is 1. The fourth-order valence-electron chi connectivity index (χ4n) is 2.18. The van der Waals surface area contributed by atoms with Crippen LogP contribution in [0.5, 0.6) is 5.88 Å². The fraction of sp³-hybridized carbons (Fsp3) is 0.118. The second kappa shape index (κ2) is 8.95. The van der Waals surface area contributed by atoms with Crippen LogP contribution >= 0.6 is 15.9 Å². The number of hydrogen-bond donors (Lipinski definition) is 4. The van der Waals surface area contributed by atoms with Crippen molar-refractivity contribution in [1.82, 2.24) is 10.3 Å². The minimum Gasteiger partial charge on any atom is -0.481 e. The molecule has 2 amide bonds. The summed E-state index contributed by atoms with van der Waals surface area (Å²) in [5.41, 5.74) is 1.84. The first-order valence-corrected chi connectivity index (χ1v) is 8.23. The van der Waals surface area contributed by atoms with Gasteiger partial charge in [0.25, 0.3) is 0 Å². The largest absolute Gasteiger partial charge is 0.481 e. The second-order valence-corrected chi connectivity index (χ2v) is 5.84. The highest BCUT2D eigenvalue weighted by molar-refractivity contribution is 9.12. The third-order valence-corrected chi connectivity index (χ3v) is 3.90. The molecule has 0 aliphatic rings. The number of ether oxygens (including phenoxy) is 1. The highest BCUT2D eigenvalue weighted by Gasteiger charge is 2.14. The number of carbonyl (C=O) groups is 1. The molecule has 0 atom stereocenters. The van der Waals surface area contributed by atoms with Crippen molar-refractivity contribution < 1.29 is 13.9 Å². The zero-order chi connectivity index (χ0) is 19.1. The van der Waals surface area contributed by atoms with Crippen LogP contribution in [-0.4, -0.2) is 31.4 Å². The number of aromatic nitrogens is 1. The Kier molecular flexibility index (Phi) is 6.67. The maximum absolute atomic E-state index is 13.2. The van der Waals surface area contributed by atoms with E-state index in [4.69, 9.17) is 10.1 Å². The van der Waals surface area contributed by atoms with Crippen LogP contribution in [0.1, 0.15) is 5.56 Å². The molecule has 0 fully saturated rings. The van der Waals surface area contributed by atoms with Gasteiger partial charge in [-0.25, -0.2) is 14.2 Å². The number of rotatable bonds is 6. The normalized spacial score (nSPS) is 11.2. The number of pyridine rings is 1. The van der Waals surface area contributed by atoms with Crippen molar-refractivity contribution in [2.75, 3.05) is 24.8 Å². The smallest absolute Gasteiger partial charge is 0.323 e. The average molecular weight is 422 g/mol. The average Bonchev–Trinajstić information content (AvgIpc) is 2.62. The number of carbonyl (C=O) groups excluding carboxylic acids is 1. The van der Waals surface area contributed by atoms with Gasteiger partial charge in [-0.2, -0.15) is 0 Å². The summed E-state index contributed by atoms with van der Waals surface area (Å²) in [4.78, 5) is 16.3. The Morgan fingerprint density at radius 1 is 1.31 bits per heavy atom. The maximum Gasteiger partial charge on any atom is 0.323 e. The molecule has 0 radical (unpaired) electrons. The number of halogens is 2. The number of methoxy groups -OCH3 is 1. The van der Waals surface area contributed by atoms with Crippen LogP contribution in [0.2, 0.25) is 0 Å². The number of nitrogens with one attached hydrogen (secondary N) is 4. The highest BCUT2D eigenvalue weighted by atomic mass is 79.9. The summed E-state index contributed by atoms with van der Waals surface area (Å²) in [6, 6.07) is 6.67. The van der Waals surface area contributed by atoms with Gasteiger partial charge in [0.1, 0.15) is 5.82 Å². The van der Waals surface area contributed by atoms with Crippen molar-refractivity contribution >= 4 is 45.2 Å². The quantitative estimate of drug-likeness (QED) is 0.532. The Balaban J connectivity index is 2.26. The summed E-state index contributed by atoms with van der Waals surface area (Å²) in [6.45, 7) is 0. The molecule has 2 rings (SSSR count). The molecule has 1 aromatic heterocycles. The van der Waals surface area contributed by atoms with Crippen LogP contribution in [0.25, 0.3) is 5.70 Å². The van der Waals surface area contributed by atoms with Crippen molar-refractivity contribution in [3.8, 4) is 5.88 Å². The number of anilines is 2. The van der Waals surface area contributed by atoms with E-state index in [1.54, 1.807) is 19.2 Å². The van der Waals surface area contributed by atoms with Gasteiger partial charge in [0, 0.05) is 18.9 Å². The van der Waals surface area contributed by atoms with Gasteiger partial charge in [0.2, 0.25) is 5.88 Å². The molecule has 26 heavy (non-hydrogen) atoms. The van der Waals surface area contributed by atoms with E-state index in [1.165, 1.54) is 31.5 Å². The zero-order valence-corrected chi connectivity index (χ0v) is 15.6. The standard InChI is InChI=1S/C17H17BrFN5O2/c1-21-15(14(18)8-20)13-7-12(9-22-16(13)26-2)24-17(25)23-11-5-3-4-10(19)6-11/h3-9,20-21H,1-2H3,(H2,23,24,25)/b15-14+,20-8?. The molecule has 0 saturated carbocycles. The monoisotopic (exact) mass is 421 g/mol. The van der Waals surface area contributed by atoms with Gasteiger partial charge in [0.15, 0.2) is 0 Å². The Hall–Kier alpha value is -2.94. The van der Waals surface area contributed by atoms with E-state index in [2.05, 4.69) is 36.9 Å². The minimum atomic E-state index is -0.547. The predicted octanol–water partition coefficient (Wildman–Crippen LogP) is 3.81.